The van der Waals surface area contributed by atoms with Gasteiger partial charge in [0.1, 0.15) is 29.5 Å². The zero-order valence-corrected chi connectivity index (χ0v) is 36.4. The van der Waals surface area contributed by atoms with Gasteiger partial charge in [-0.15, -0.1) is 11.3 Å². The van der Waals surface area contributed by atoms with Crippen LogP contribution in [0.4, 0.5) is 52.7 Å². The monoisotopic (exact) mass is 978 g/mol. The Morgan fingerprint density at radius 2 is 0.700 bits per heavy atom. The molecule has 348 valence electrons. The van der Waals surface area contributed by atoms with E-state index in [1.165, 1.54) is 48.5 Å². The molecule has 0 unspecified atom stereocenters. The number of thiophene rings is 1. The Morgan fingerprint density at radius 1 is 0.414 bits per heavy atom. The number of hydrogen-bond acceptors (Lipinski definition) is 5. The number of hydrogen-bond donors (Lipinski definition) is 1. The van der Waals surface area contributed by atoms with Crippen LogP contribution in [-0.4, -0.2) is 6.54 Å². The topological polar surface area (TPSA) is 83.4 Å². The minimum absolute atomic E-state index is 0.0534. The van der Waals surface area contributed by atoms with E-state index in [9.17, 15) is 68.5 Å². The minimum Gasteiger partial charge on any atom is -0.376 e. The van der Waals surface area contributed by atoms with Crippen LogP contribution in [0.5, 0.6) is 0 Å². The van der Waals surface area contributed by atoms with Gasteiger partial charge in [0.15, 0.2) is 0 Å². The molecule has 2 aliphatic carbocycles. The normalized spacial score (nSPS) is 13.7. The summed E-state index contributed by atoms with van der Waals surface area (Å²) >= 11 is 1.09. The van der Waals surface area contributed by atoms with E-state index in [2.05, 4.69) is 11.4 Å². The zero-order chi connectivity index (χ0) is 50.2. The third kappa shape index (κ3) is 8.04. The second-order valence-corrected chi connectivity index (χ2v) is 17.1. The Labute approximate surface area is 393 Å². The largest absolute Gasteiger partial charge is 0.416 e. The molecule has 4 nitrogen and oxygen atoms in total. The van der Waals surface area contributed by atoms with Gasteiger partial charge >= 0.3 is 24.7 Å². The number of rotatable bonds is 6. The molecule has 1 aromatic heterocycles. The summed E-state index contributed by atoms with van der Waals surface area (Å²) in [5.74, 6) is 0. The van der Waals surface area contributed by atoms with E-state index >= 15 is 0 Å². The highest BCUT2D eigenvalue weighted by molar-refractivity contribution is 7.16. The van der Waals surface area contributed by atoms with Crippen molar-refractivity contribution in [1.29, 1.82) is 15.8 Å². The molecule has 6 aromatic carbocycles. The van der Waals surface area contributed by atoms with E-state index in [0.29, 0.717) is 43.1 Å². The van der Waals surface area contributed by atoms with Crippen molar-refractivity contribution in [2.75, 3.05) is 6.54 Å². The Kier molecular flexibility index (Phi) is 11.3. The first-order valence-corrected chi connectivity index (χ1v) is 21.6. The van der Waals surface area contributed by atoms with Gasteiger partial charge in [0.2, 0.25) is 0 Å². The smallest absolute Gasteiger partial charge is 0.376 e. The SMILES string of the molecule is CCN/C(C#N)=C1/c2cc(-c3ccc(C(F)(F)F)cc3)c(-c3ccc(C(F)(F)F)cc3)cc2-c2c1sc1c2-c2cc(-c3ccc(C(F)(F)F)cc3)c(-c3ccc(C(F)(F)F)cc3)cc2C1=C(C#N)C#N. The van der Waals surface area contributed by atoms with Gasteiger partial charge in [0, 0.05) is 38.6 Å². The van der Waals surface area contributed by atoms with Crippen LogP contribution in [0, 0.1) is 34.0 Å². The summed E-state index contributed by atoms with van der Waals surface area (Å²) in [6.45, 7) is 1.96. The lowest BCUT2D eigenvalue weighted by Gasteiger charge is -2.17. The molecule has 70 heavy (non-hydrogen) atoms. The molecule has 0 fully saturated rings. The van der Waals surface area contributed by atoms with E-state index < -0.39 is 47.0 Å². The fraction of sp³-hybridized carbons (Fsp3) is 0.113. The molecule has 9 rings (SSSR count). The van der Waals surface area contributed by atoms with Gasteiger partial charge < -0.3 is 5.32 Å². The molecule has 1 heterocycles. The van der Waals surface area contributed by atoms with Crippen molar-refractivity contribution in [3.05, 3.63) is 176 Å². The van der Waals surface area contributed by atoms with Crippen molar-refractivity contribution in [3.8, 4) is 85.0 Å². The first-order valence-electron chi connectivity index (χ1n) is 20.8. The minimum atomic E-state index is -4.72. The van der Waals surface area contributed by atoms with E-state index in [4.69, 9.17) is 0 Å². The molecule has 1 N–H and O–H groups in total. The molecule has 0 saturated heterocycles. The maximum atomic E-state index is 13.8. The van der Waals surface area contributed by atoms with Crippen molar-refractivity contribution in [2.45, 2.75) is 31.6 Å². The van der Waals surface area contributed by atoms with E-state index in [1.54, 1.807) is 31.2 Å². The van der Waals surface area contributed by atoms with Crippen LogP contribution in [0.1, 0.15) is 50.1 Å². The summed E-state index contributed by atoms with van der Waals surface area (Å²) in [7, 11) is 0. The van der Waals surface area contributed by atoms with E-state index in [-0.39, 0.29) is 73.5 Å². The lowest BCUT2D eigenvalue weighted by Crippen LogP contribution is -2.12. The molecular weight excluding hydrogens is 953 g/mol. The van der Waals surface area contributed by atoms with Crippen molar-refractivity contribution in [3.63, 3.8) is 0 Å². The zero-order valence-electron chi connectivity index (χ0n) is 35.5. The highest BCUT2D eigenvalue weighted by Gasteiger charge is 2.41. The molecule has 7 aromatic rings. The molecule has 0 saturated carbocycles. The fourth-order valence-electron chi connectivity index (χ4n) is 8.87. The van der Waals surface area contributed by atoms with Crippen molar-refractivity contribution < 1.29 is 52.7 Å². The molecule has 0 atom stereocenters. The maximum absolute atomic E-state index is 13.8. The number of fused-ring (bicyclic) bond motifs is 7. The van der Waals surface area contributed by atoms with E-state index in [0.717, 1.165) is 59.9 Å². The van der Waals surface area contributed by atoms with Gasteiger partial charge in [-0.25, -0.2) is 0 Å². The van der Waals surface area contributed by atoms with Crippen molar-refractivity contribution in [1.82, 2.24) is 5.32 Å². The lowest BCUT2D eigenvalue weighted by atomic mass is 9.86. The van der Waals surface area contributed by atoms with Crippen LogP contribution in [0.3, 0.4) is 0 Å². The number of nitrogens with one attached hydrogen (secondary N) is 1. The van der Waals surface area contributed by atoms with Crippen LogP contribution in [0.25, 0.3) is 77.9 Å². The molecule has 17 heteroatoms. The maximum Gasteiger partial charge on any atom is 0.416 e. The second kappa shape index (κ2) is 16.9. The fourth-order valence-corrected chi connectivity index (χ4v) is 10.3. The first-order chi connectivity index (χ1) is 33.1. The van der Waals surface area contributed by atoms with Crippen LogP contribution in [-0.2, 0) is 24.7 Å². The summed E-state index contributed by atoms with van der Waals surface area (Å²) in [5.41, 5.74) is 0.371. The van der Waals surface area contributed by atoms with Crippen LogP contribution >= 0.6 is 11.3 Å². The molecule has 0 bridgehead atoms. The highest BCUT2D eigenvalue weighted by Crippen LogP contribution is 2.63. The molecule has 0 amide bonds. The van der Waals surface area contributed by atoms with Crippen molar-refractivity contribution >= 4 is 22.5 Å². The van der Waals surface area contributed by atoms with Crippen molar-refractivity contribution in [2.24, 2.45) is 0 Å². The number of halogens is 12. The quantitative estimate of drug-likeness (QED) is 0.133. The van der Waals surface area contributed by atoms with Gasteiger partial charge in [0.25, 0.3) is 0 Å². The van der Waals surface area contributed by atoms with Gasteiger partial charge in [-0.1, -0.05) is 48.5 Å². The van der Waals surface area contributed by atoms with E-state index in [1.807, 2.05) is 12.1 Å². The molecular formula is C53H26F12N4S. The summed E-state index contributed by atoms with van der Waals surface area (Å²) in [5, 5.41) is 34.5. The third-order valence-corrected chi connectivity index (χ3v) is 13.3. The van der Waals surface area contributed by atoms with Gasteiger partial charge in [-0.05, 0) is 146 Å². The Hall–Kier alpha value is -8.07. The number of nitrogens with zero attached hydrogens (tertiary/aromatic N) is 3. The molecule has 2 aliphatic rings. The highest BCUT2D eigenvalue weighted by atomic mass is 32.1. The Balaban J connectivity index is 1.38. The Morgan fingerprint density at radius 3 is 0.971 bits per heavy atom. The molecule has 0 aliphatic heterocycles. The predicted molar refractivity (Wildman–Crippen MR) is 240 cm³/mol. The average molecular weight is 979 g/mol. The summed E-state index contributed by atoms with van der Waals surface area (Å²) < 4.78 is 166. The lowest BCUT2D eigenvalue weighted by molar-refractivity contribution is -0.138. The third-order valence-electron chi connectivity index (χ3n) is 12.0. The van der Waals surface area contributed by atoms with Gasteiger partial charge in [-0.3, -0.25) is 0 Å². The van der Waals surface area contributed by atoms with Crippen LogP contribution in [0.15, 0.2) is 133 Å². The average Bonchev–Trinajstić information content (AvgIpc) is 3.95. The Bertz CT molecular complexity index is 3460. The number of alkyl halides is 12. The summed E-state index contributed by atoms with van der Waals surface area (Å²) in [4.78, 5) is 0.780. The summed E-state index contributed by atoms with van der Waals surface area (Å²) in [6, 6.07) is 28.8. The molecule has 0 radical (unpaired) electrons. The summed E-state index contributed by atoms with van der Waals surface area (Å²) in [6.07, 6.45) is -18.8. The van der Waals surface area contributed by atoms with Gasteiger partial charge in [0.05, 0.1) is 22.3 Å². The predicted octanol–water partition coefficient (Wildman–Crippen LogP) is 16.2. The first kappa shape index (κ1) is 47.0. The number of allylic oxidation sites excluding steroid dienone is 2. The standard InChI is InChI=1S/C53H26F12N4S/c1-2-69-43(25-68)45-40-20-36(27-5-13-32(14-6-27)51(57,58)59)38(29-9-17-34(18-10-29)53(63,64)65)22-42(40)47-46-41-21-37(28-7-15-33(16-8-28)52(60,61)62)35(26-3-11-31(12-4-26)50(54,55)56)19-39(41)44(30(23-66)24-67)48(46)70-49(45)47/h3-22,69H,2H2,1H3/b45-43-. The van der Waals surface area contributed by atoms with Crippen LogP contribution in [0.2, 0.25) is 0 Å². The van der Waals surface area contributed by atoms with Crippen LogP contribution < -0.4 is 5.32 Å². The number of nitriles is 3. The molecule has 0 spiro atoms. The second-order valence-electron chi connectivity index (χ2n) is 16.1. The number of benzene rings is 6. The van der Waals surface area contributed by atoms with Gasteiger partial charge in [-0.2, -0.15) is 68.5 Å².